The second-order valence-electron chi connectivity index (χ2n) is 3.11. The lowest BCUT2D eigenvalue weighted by atomic mass is 10.1. The van der Waals surface area contributed by atoms with Crippen LogP contribution in [0.3, 0.4) is 0 Å². The Labute approximate surface area is 71.7 Å². The summed E-state index contributed by atoms with van der Waals surface area (Å²) in [4.78, 5) is 10.7. The fraction of sp³-hybridized carbons (Fsp3) is 0.875. The van der Waals surface area contributed by atoms with Crippen molar-refractivity contribution in [1.29, 1.82) is 0 Å². The zero-order chi connectivity index (χ0) is 8.27. The van der Waals surface area contributed by atoms with Gasteiger partial charge in [0.1, 0.15) is 0 Å². The molecule has 0 aliphatic carbocycles. The average molecular weight is 174 g/mol. The van der Waals surface area contributed by atoms with Gasteiger partial charge in [-0.2, -0.15) is 0 Å². The number of rotatable bonds is 1. The molecule has 2 nitrogen and oxygen atoms in total. The summed E-state index contributed by atoms with van der Waals surface area (Å²) >= 11 is 1.42. The summed E-state index contributed by atoms with van der Waals surface area (Å²) in [6.07, 6.45) is 1.12. The quantitative estimate of drug-likeness (QED) is 0.605. The van der Waals surface area contributed by atoms with Crippen molar-refractivity contribution in [1.82, 2.24) is 0 Å². The topological polar surface area (TPSA) is 26.3 Å². The maximum absolute atomic E-state index is 10.7. The van der Waals surface area contributed by atoms with Gasteiger partial charge in [0.15, 0.2) is 5.12 Å². The van der Waals surface area contributed by atoms with Crippen molar-refractivity contribution in [3.8, 4) is 0 Å². The molecule has 0 N–H and O–H groups in total. The van der Waals surface area contributed by atoms with Crippen molar-refractivity contribution >= 4 is 16.9 Å². The van der Waals surface area contributed by atoms with Crippen LogP contribution in [0.15, 0.2) is 0 Å². The van der Waals surface area contributed by atoms with E-state index in [9.17, 15) is 4.79 Å². The van der Waals surface area contributed by atoms with Crippen LogP contribution in [0.5, 0.6) is 0 Å². The van der Waals surface area contributed by atoms with Gasteiger partial charge in [-0.25, -0.2) is 0 Å². The molecular weight excluding hydrogens is 160 g/mol. The van der Waals surface area contributed by atoms with Crippen LogP contribution in [0, 0.1) is 5.92 Å². The Kier molecular flexibility index (Phi) is 3.40. The molecule has 11 heavy (non-hydrogen) atoms. The Hall–Kier alpha value is -0.0200. The monoisotopic (exact) mass is 174 g/mol. The molecule has 2 unspecified atom stereocenters. The standard InChI is InChI=1S/C8H14O2S/c1-6-3-8(5-10-4-6)11-7(2)9/h6,8H,3-5H2,1-2H3. The van der Waals surface area contributed by atoms with E-state index in [1.54, 1.807) is 6.92 Å². The third-order valence-corrected chi connectivity index (χ3v) is 2.70. The maximum Gasteiger partial charge on any atom is 0.186 e. The molecule has 0 saturated carbocycles. The fourth-order valence-electron chi connectivity index (χ4n) is 1.30. The minimum absolute atomic E-state index is 0.202. The molecule has 0 aromatic rings. The van der Waals surface area contributed by atoms with Gasteiger partial charge in [-0.15, -0.1) is 0 Å². The van der Waals surface area contributed by atoms with Gasteiger partial charge in [0.2, 0.25) is 0 Å². The predicted molar refractivity (Wildman–Crippen MR) is 46.7 cm³/mol. The second-order valence-corrected chi connectivity index (χ2v) is 4.59. The fourth-order valence-corrected chi connectivity index (χ4v) is 2.36. The Morgan fingerprint density at radius 1 is 1.55 bits per heavy atom. The van der Waals surface area contributed by atoms with Gasteiger partial charge in [0, 0.05) is 18.8 Å². The molecule has 0 radical (unpaired) electrons. The van der Waals surface area contributed by atoms with Crippen LogP contribution >= 0.6 is 11.8 Å². The summed E-state index contributed by atoms with van der Waals surface area (Å²) in [5.41, 5.74) is 0. The molecule has 3 heteroatoms. The molecule has 0 aromatic heterocycles. The summed E-state index contributed by atoms with van der Waals surface area (Å²) < 4.78 is 5.32. The first-order valence-corrected chi connectivity index (χ1v) is 4.81. The lowest BCUT2D eigenvalue weighted by molar-refractivity contribution is -0.109. The molecule has 0 aromatic carbocycles. The van der Waals surface area contributed by atoms with Crippen LogP contribution in [0.2, 0.25) is 0 Å². The van der Waals surface area contributed by atoms with Crippen LogP contribution in [-0.2, 0) is 9.53 Å². The van der Waals surface area contributed by atoms with Crippen molar-refractivity contribution in [2.75, 3.05) is 13.2 Å². The second kappa shape index (κ2) is 4.12. The van der Waals surface area contributed by atoms with Crippen LogP contribution in [0.25, 0.3) is 0 Å². The highest BCUT2D eigenvalue weighted by Gasteiger charge is 2.20. The molecule has 0 amide bonds. The number of hydrogen-bond acceptors (Lipinski definition) is 3. The van der Waals surface area contributed by atoms with E-state index < -0.39 is 0 Å². The van der Waals surface area contributed by atoms with Crippen LogP contribution in [-0.4, -0.2) is 23.6 Å². The number of thioether (sulfide) groups is 1. The van der Waals surface area contributed by atoms with Gasteiger partial charge in [-0.1, -0.05) is 18.7 Å². The van der Waals surface area contributed by atoms with E-state index in [0.717, 1.165) is 19.6 Å². The van der Waals surface area contributed by atoms with Crippen molar-refractivity contribution in [2.45, 2.75) is 25.5 Å². The number of carbonyl (C=O) groups is 1. The average Bonchev–Trinajstić information content (AvgIpc) is 1.85. The molecule has 1 heterocycles. The van der Waals surface area contributed by atoms with Crippen LogP contribution < -0.4 is 0 Å². The van der Waals surface area contributed by atoms with E-state index in [2.05, 4.69) is 6.92 Å². The van der Waals surface area contributed by atoms with Crippen LogP contribution in [0.4, 0.5) is 0 Å². The predicted octanol–water partition coefficient (Wildman–Crippen LogP) is 1.69. The van der Waals surface area contributed by atoms with Crippen molar-refractivity contribution in [3.63, 3.8) is 0 Å². The SMILES string of the molecule is CC(=O)SC1COCC(C)C1. The van der Waals surface area contributed by atoms with Crippen molar-refractivity contribution < 1.29 is 9.53 Å². The molecule has 64 valence electrons. The van der Waals surface area contributed by atoms with E-state index in [1.807, 2.05) is 0 Å². The third-order valence-electron chi connectivity index (χ3n) is 1.70. The highest BCUT2D eigenvalue weighted by atomic mass is 32.2. The maximum atomic E-state index is 10.7. The number of hydrogen-bond donors (Lipinski definition) is 0. The molecule has 2 atom stereocenters. The Morgan fingerprint density at radius 2 is 2.27 bits per heavy atom. The summed E-state index contributed by atoms with van der Waals surface area (Å²) in [6.45, 7) is 5.38. The van der Waals surface area contributed by atoms with Gasteiger partial charge in [0.25, 0.3) is 0 Å². The van der Waals surface area contributed by atoms with E-state index >= 15 is 0 Å². The molecule has 1 saturated heterocycles. The van der Waals surface area contributed by atoms with Crippen molar-refractivity contribution in [3.05, 3.63) is 0 Å². The molecule has 1 fully saturated rings. The van der Waals surface area contributed by atoms with Gasteiger partial charge in [-0.3, -0.25) is 4.79 Å². The summed E-state index contributed by atoms with van der Waals surface area (Å²) in [5.74, 6) is 0.612. The number of carbonyl (C=O) groups excluding carboxylic acids is 1. The first-order chi connectivity index (χ1) is 5.18. The van der Waals surface area contributed by atoms with E-state index in [4.69, 9.17) is 4.74 Å². The summed E-state index contributed by atoms with van der Waals surface area (Å²) in [5, 5.41) is 0.601. The highest BCUT2D eigenvalue weighted by molar-refractivity contribution is 8.14. The zero-order valence-corrected chi connectivity index (χ0v) is 7.82. The lowest BCUT2D eigenvalue weighted by Crippen LogP contribution is -2.26. The molecule has 1 rings (SSSR count). The first kappa shape index (κ1) is 9.07. The molecule has 1 aliphatic rings. The third kappa shape index (κ3) is 3.25. The van der Waals surface area contributed by atoms with E-state index in [0.29, 0.717) is 11.2 Å². The minimum Gasteiger partial charge on any atom is -0.380 e. The molecule has 0 spiro atoms. The molecule has 0 bridgehead atoms. The smallest absolute Gasteiger partial charge is 0.186 e. The first-order valence-electron chi connectivity index (χ1n) is 3.93. The van der Waals surface area contributed by atoms with Crippen LogP contribution in [0.1, 0.15) is 20.3 Å². The number of ether oxygens (including phenoxy) is 1. The Bertz CT molecular complexity index is 147. The van der Waals surface area contributed by atoms with Gasteiger partial charge < -0.3 is 4.74 Å². The van der Waals surface area contributed by atoms with Gasteiger partial charge in [0.05, 0.1) is 6.61 Å². The lowest BCUT2D eigenvalue weighted by Gasteiger charge is -2.25. The zero-order valence-electron chi connectivity index (χ0n) is 7.00. The van der Waals surface area contributed by atoms with Crippen molar-refractivity contribution in [2.24, 2.45) is 5.92 Å². The van der Waals surface area contributed by atoms with Gasteiger partial charge >= 0.3 is 0 Å². The molecular formula is C8H14O2S. The summed E-state index contributed by atoms with van der Waals surface area (Å²) in [6, 6.07) is 0. The highest BCUT2D eigenvalue weighted by Crippen LogP contribution is 2.24. The Morgan fingerprint density at radius 3 is 2.82 bits per heavy atom. The molecule has 1 aliphatic heterocycles. The largest absolute Gasteiger partial charge is 0.380 e. The Balaban J connectivity index is 2.28. The minimum atomic E-state index is 0.202. The summed E-state index contributed by atoms with van der Waals surface area (Å²) in [7, 11) is 0. The normalized spacial score (nSPS) is 31.8. The van der Waals surface area contributed by atoms with Gasteiger partial charge in [-0.05, 0) is 12.3 Å². The van der Waals surface area contributed by atoms with E-state index in [-0.39, 0.29) is 5.12 Å². The van der Waals surface area contributed by atoms with E-state index in [1.165, 1.54) is 11.8 Å².